The predicted octanol–water partition coefficient (Wildman–Crippen LogP) is 4.14. The van der Waals surface area contributed by atoms with Crippen molar-refractivity contribution in [2.24, 2.45) is 5.92 Å². The van der Waals surface area contributed by atoms with Gasteiger partial charge in [0.25, 0.3) is 0 Å². The van der Waals surface area contributed by atoms with Gasteiger partial charge in [0.15, 0.2) is 0 Å². The van der Waals surface area contributed by atoms with Gasteiger partial charge in [0.2, 0.25) is 0 Å². The maximum absolute atomic E-state index is 12.1. The summed E-state index contributed by atoms with van der Waals surface area (Å²) in [4.78, 5) is 12.1. The summed E-state index contributed by atoms with van der Waals surface area (Å²) >= 11 is 0. The monoisotopic (exact) mass is 284 g/mol. The molecule has 0 bridgehead atoms. The lowest BCUT2D eigenvalue weighted by molar-refractivity contribution is -0.131. The SMILES string of the molecule is CCCCCCCOC(CCOC)C1CCCCC1=O. The molecule has 0 spiro atoms. The van der Waals surface area contributed by atoms with E-state index in [0.717, 1.165) is 38.7 Å². The molecule has 3 nitrogen and oxygen atoms in total. The zero-order valence-electron chi connectivity index (χ0n) is 13.4. The van der Waals surface area contributed by atoms with Gasteiger partial charge in [-0.2, -0.15) is 0 Å². The molecule has 1 saturated carbocycles. The Balaban J connectivity index is 2.29. The molecule has 0 aromatic carbocycles. The van der Waals surface area contributed by atoms with Crippen LogP contribution < -0.4 is 0 Å². The minimum absolute atomic E-state index is 0.0777. The van der Waals surface area contributed by atoms with E-state index in [1.165, 1.54) is 32.1 Å². The minimum Gasteiger partial charge on any atom is -0.385 e. The van der Waals surface area contributed by atoms with Crippen molar-refractivity contribution >= 4 is 5.78 Å². The van der Waals surface area contributed by atoms with Crippen molar-refractivity contribution in [3.63, 3.8) is 0 Å². The number of rotatable bonds is 11. The first-order valence-corrected chi connectivity index (χ1v) is 8.42. The molecule has 1 aliphatic rings. The quantitative estimate of drug-likeness (QED) is 0.535. The van der Waals surface area contributed by atoms with E-state index in [1.54, 1.807) is 7.11 Å². The molecule has 1 fully saturated rings. The fraction of sp³-hybridized carbons (Fsp3) is 0.941. The Kier molecular flexibility index (Phi) is 9.94. The van der Waals surface area contributed by atoms with Crippen molar-refractivity contribution < 1.29 is 14.3 Å². The fourth-order valence-corrected chi connectivity index (χ4v) is 2.98. The lowest BCUT2D eigenvalue weighted by Crippen LogP contribution is -2.34. The van der Waals surface area contributed by atoms with Gasteiger partial charge in [0, 0.05) is 32.7 Å². The molecule has 1 rings (SSSR count). The van der Waals surface area contributed by atoms with Crippen molar-refractivity contribution in [1.29, 1.82) is 0 Å². The van der Waals surface area contributed by atoms with Crippen LogP contribution in [0, 0.1) is 5.92 Å². The largest absolute Gasteiger partial charge is 0.385 e. The van der Waals surface area contributed by atoms with Crippen LogP contribution in [-0.2, 0) is 14.3 Å². The summed E-state index contributed by atoms with van der Waals surface area (Å²) in [5, 5.41) is 0. The van der Waals surface area contributed by atoms with Crippen LogP contribution in [0.15, 0.2) is 0 Å². The molecule has 0 N–H and O–H groups in total. The Morgan fingerprint density at radius 3 is 2.65 bits per heavy atom. The van der Waals surface area contributed by atoms with Crippen LogP contribution in [0.2, 0.25) is 0 Å². The number of carbonyl (C=O) groups is 1. The topological polar surface area (TPSA) is 35.5 Å². The molecular formula is C17H32O3. The average molecular weight is 284 g/mol. The number of unbranched alkanes of at least 4 members (excludes halogenated alkanes) is 4. The summed E-state index contributed by atoms with van der Waals surface area (Å²) in [7, 11) is 1.71. The Morgan fingerprint density at radius 2 is 1.95 bits per heavy atom. The van der Waals surface area contributed by atoms with Crippen molar-refractivity contribution in [2.45, 2.75) is 77.2 Å². The Bertz CT molecular complexity index is 253. The standard InChI is InChI=1S/C17H32O3/c1-3-4-5-6-9-13-20-17(12-14-19-2)15-10-7-8-11-16(15)18/h15,17H,3-14H2,1-2H3. The number of hydrogen-bond acceptors (Lipinski definition) is 3. The molecule has 0 aromatic rings. The second-order valence-corrected chi connectivity index (χ2v) is 5.92. The number of carbonyl (C=O) groups excluding carboxylic acids is 1. The summed E-state index contributed by atoms with van der Waals surface area (Å²) in [5.74, 6) is 0.526. The number of Topliss-reactive ketones (excluding diaryl/α,β-unsaturated/α-hetero) is 1. The summed E-state index contributed by atoms with van der Waals surface area (Å²) in [6.07, 6.45) is 11.1. The molecule has 2 atom stereocenters. The first kappa shape index (κ1) is 17.6. The predicted molar refractivity (Wildman–Crippen MR) is 82.0 cm³/mol. The van der Waals surface area contributed by atoms with Crippen molar-refractivity contribution in [1.82, 2.24) is 0 Å². The molecule has 2 unspecified atom stereocenters. The first-order valence-electron chi connectivity index (χ1n) is 8.42. The molecular weight excluding hydrogens is 252 g/mol. The van der Waals surface area contributed by atoms with Crippen molar-refractivity contribution in [2.75, 3.05) is 20.3 Å². The second kappa shape index (κ2) is 11.3. The highest BCUT2D eigenvalue weighted by atomic mass is 16.5. The fourth-order valence-electron chi connectivity index (χ4n) is 2.98. The zero-order chi connectivity index (χ0) is 14.6. The van der Waals surface area contributed by atoms with Gasteiger partial charge in [-0.05, 0) is 25.7 Å². The molecule has 0 aliphatic heterocycles. The highest BCUT2D eigenvalue weighted by Crippen LogP contribution is 2.27. The Labute approximate surface area is 124 Å². The van der Waals surface area contributed by atoms with Crippen molar-refractivity contribution in [3.8, 4) is 0 Å². The highest BCUT2D eigenvalue weighted by molar-refractivity contribution is 5.82. The Morgan fingerprint density at radius 1 is 1.15 bits per heavy atom. The van der Waals surface area contributed by atoms with Gasteiger partial charge in [0.1, 0.15) is 5.78 Å². The summed E-state index contributed by atoms with van der Waals surface area (Å²) in [6.45, 7) is 3.71. The van der Waals surface area contributed by atoms with E-state index in [-0.39, 0.29) is 12.0 Å². The molecule has 0 saturated heterocycles. The van der Waals surface area contributed by atoms with Crippen LogP contribution in [0.4, 0.5) is 0 Å². The molecule has 0 aromatic heterocycles. The normalized spacial score (nSPS) is 21.1. The summed E-state index contributed by atoms with van der Waals surface area (Å²) in [6, 6.07) is 0. The van der Waals surface area contributed by atoms with Gasteiger partial charge in [-0.3, -0.25) is 4.79 Å². The van der Waals surface area contributed by atoms with Gasteiger partial charge >= 0.3 is 0 Å². The van der Waals surface area contributed by atoms with Gasteiger partial charge in [-0.25, -0.2) is 0 Å². The van der Waals surface area contributed by atoms with Crippen LogP contribution in [0.3, 0.4) is 0 Å². The van der Waals surface area contributed by atoms with Crippen LogP contribution in [0.5, 0.6) is 0 Å². The number of ketones is 1. The van der Waals surface area contributed by atoms with E-state index < -0.39 is 0 Å². The zero-order valence-corrected chi connectivity index (χ0v) is 13.4. The van der Waals surface area contributed by atoms with Gasteiger partial charge in [-0.1, -0.05) is 39.0 Å². The molecule has 1 aliphatic carbocycles. The summed E-state index contributed by atoms with van der Waals surface area (Å²) in [5.41, 5.74) is 0. The molecule has 20 heavy (non-hydrogen) atoms. The highest BCUT2D eigenvalue weighted by Gasteiger charge is 2.30. The lowest BCUT2D eigenvalue weighted by atomic mass is 9.83. The number of ether oxygens (including phenoxy) is 2. The molecule has 118 valence electrons. The minimum atomic E-state index is 0.0777. The first-order chi connectivity index (χ1) is 9.79. The van der Waals surface area contributed by atoms with Crippen LogP contribution in [-0.4, -0.2) is 32.2 Å². The maximum atomic E-state index is 12.1. The van der Waals surface area contributed by atoms with Crippen LogP contribution in [0.25, 0.3) is 0 Å². The molecule has 3 heteroatoms. The summed E-state index contributed by atoms with van der Waals surface area (Å²) < 4.78 is 11.2. The van der Waals surface area contributed by atoms with Gasteiger partial charge in [-0.15, -0.1) is 0 Å². The van der Waals surface area contributed by atoms with Crippen LogP contribution in [0.1, 0.15) is 71.1 Å². The maximum Gasteiger partial charge on any atom is 0.138 e. The van der Waals surface area contributed by atoms with Gasteiger partial charge < -0.3 is 9.47 Å². The third-order valence-corrected chi connectivity index (χ3v) is 4.24. The van der Waals surface area contributed by atoms with E-state index in [0.29, 0.717) is 12.4 Å². The smallest absolute Gasteiger partial charge is 0.138 e. The average Bonchev–Trinajstić information content (AvgIpc) is 2.47. The van der Waals surface area contributed by atoms with E-state index in [4.69, 9.17) is 9.47 Å². The Hall–Kier alpha value is -0.410. The van der Waals surface area contributed by atoms with E-state index >= 15 is 0 Å². The van der Waals surface area contributed by atoms with Crippen molar-refractivity contribution in [3.05, 3.63) is 0 Å². The lowest BCUT2D eigenvalue weighted by Gasteiger charge is -2.29. The molecule has 0 radical (unpaired) electrons. The van der Waals surface area contributed by atoms with E-state index in [2.05, 4.69) is 6.92 Å². The van der Waals surface area contributed by atoms with Gasteiger partial charge in [0.05, 0.1) is 6.10 Å². The van der Waals surface area contributed by atoms with E-state index in [1.807, 2.05) is 0 Å². The number of methoxy groups -OCH3 is 1. The van der Waals surface area contributed by atoms with E-state index in [9.17, 15) is 4.79 Å². The molecule has 0 amide bonds. The third kappa shape index (κ3) is 6.85. The molecule has 0 heterocycles. The van der Waals surface area contributed by atoms with Crippen LogP contribution >= 0.6 is 0 Å². The number of hydrogen-bond donors (Lipinski definition) is 0. The second-order valence-electron chi connectivity index (χ2n) is 5.92. The third-order valence-electron chi connectivity index (χ3n) is 4.24.